The lowest BCUT2D eigenvalue weighted by molar-refractivity contribution is 0.487. The van der Waals surface area contributed by atoms with Crippen LogP contribution in [0.2, 0.25) is 0 Å². The van der Waals surface area contributed by atoms with Gasteiger partial charge in [0.1, 0.15) is 11.5 Å². The Labute approximate surface area is 318 Å². The summed E-state index contributed by atoms with van der Waals surface area (Å²) in [5.41, 5.74) is 9.85. The smallest absolute Gasteiger partial charge is 0.135 e. The first kappa shape index (κ1) is 30.3. The molecule has 1 heterocycles. The molecule has 1 aliphatic heterocycles. The van der Waals surface area contributed by atoms with E-state index in [1.165, 1.54) is 104 Å². The quantitative estimate of drug-likeness (QED) is 0.167. The van der Waals surface area contributed by atoms with Crippen molar-refractivity contribution in [1.29, 1.82) is 0 Å². The van der Waals surface area contributed by atoms with E-state index in [0.29, 0.717) is 0 Å². The van der Waals surface area contributed by atoms with Gasteiger partial charge in [-0.1, -0.05) is 176 Å². The highest BCUT2D eigenvalue weighted by Gasteiger charge is 2.25. The predicted molar refractivity (Wildman–Crippen MR) is 233 cm³/mol. The van der Waals surface area contributed by atoms with Crippen LogP contribution >= 0.6 is 0 Å². The summed E-state index contributed by atoms with van der Waals surface area (Å²) in [4.78, 5) is 0. The van der Waals surface area contributed by atoms with Crippen molar-refractivity contribution in [2.45, 2.75) is 0 Å². The number of benzene rings is 11. The fourth-order valence-corrected chi connectivity index (χ4v) is 9.56. The third kappa shape index (κ3) is 4.35. The largest absolute Gasteiger partial charge is 0.456 e. The van der Waals surface area contributed by atoms with Crippen LogP contribution in [0.1, 0.15) is 0 Å². The van der Waals surface area contributed by atoms with Crippen LogP contribution in [0.15, 0.2) is 194 Å². The van der Waals surface area contributed by atoms with E-state index < -0.39 is 0 Å². The Hall–Kier alpha value is -7.22. The van der Waals surface area contributed by atoms with Crippen LogP contribution in [0.4, 0.5) is 0 Å². The van der Waals surface area contributed by atoms with Gasteiger partial charge < -0.3 is 4.74 Å². The van der Waals surface area contributed by atoms with Crippen molar-refractivity contribution in [3.8, 4) is 56.0 Å². The van der Waals surface area contributed by atoms with Gasteiger partial charge in [-0.25, -0.2) is 0 Å². The molecule has 0 saturated carbocycles. The molecule has 11 aromatic carbocycles. The normalized spacial score (nSPS) is 12.1. The standard InChI is InChI=1S/C54H32O/c1-2-18-36-33(14-1)15-11-27-37(36)52-40-21-5-9-25-44(40)54(45-26-10-6-22-41(45)52)53-42-23-7-3-19-38(42)50(39-20-4-8-24-43(39)53)35-30-31-48-47(32-35)46-28-12-16-34-17-13-29-49(55-48)51(34)46/h1-32H. The van der Waals surface area contributed by atoms with E-state index >= 15 is 0 Å². The summed E-state index contributed by atoms with van der Waals surface area (Å²) in [7, 11) is 0. The number of hydrogen-bond acceptors (Lipinski definition) is 1. The predicted octanol–water partition coefficient (Wildman–Crippen LogP) is 15.4. The molecule has 0 bridgehead atoms. The summed E-state index contributed by atoms with van der Waals surface area (Å²) in [6.45, 7) is 0. The molecular formula is C54H32O. The molecule has 1 aliphatic rings. The molecule has 0 unspecified atom stereocenters. The third-order valence-corrected chi connectivity index (χ3v) is 11.8. The van der Waals surface area contributed by atoms with E-state index in [9.17, 15) is 0 Å². The Morgan fingerprint density at radius 2 is 0.691 bits per heavy atom. The summed E-state index contributed by atoms with van der Waals surface area (Å²) in [6.07, 6.45) is 0. The van der Waals surface area contributed by atoms with E-state index in [-0.39, 0.29) is 0 Å². The zero-order chi connectivity index (χ0) is 36.0. The topological polar surface area (TPSA) is 9.23 Å². The minimum atomic E-state index is 0.893. The van der Waals surface area contributed by atoms with Crippen LogP contribution in [0.3, 0.4) is 0 Å². The van der Waals surface area contributed by atoms with Crippen molar-refractivity contribution in [2.75, 3.05) is 0 Å². The molecule has 0 saturated heterocycles. The summed E-state index contributed by atoms with van der Waals surface area (Å²) < 4.78 is 6.54. The van der Waals surface area contributed by atoms with Gasteiger partial charge in [-0.15, -0.1) is 0 Å². The molecular weight excluding hydrogens is 665 g/mol. The molecule has 0 fully saturated rings. The van der Waals surface area contributed by atoms with E-state index in [4.69, 9.17) is 4.74 Å². The number of hydrogen-bond donors (Lipinski definition) is 0. The number of rotatable bonds is 3. The molecule has 0 aromatic heterocycles. The molecule has 55 heavy (non-hydrogen) atoms. The van der Waals surface area contributed by atoms with Gasteiger partial charge in [0, 0.05) is 10.9 Å². The molecule has 0 N–H and O–H groups in total. The van der Waals surface area contributed by atoms with Gasteiger partial charge in [0.2, 0.25) is 0 Å². The van der Waals surface area contributed by atoms with Crippen molar-refractivity contribution in [3.05, 3.63) is 194 Å². The summed E-state index contributed by atoms with van der Waals surface area (Å²) in [6, 6.07) is 71.1. The van der Waals surface area contributed by atoms with Crippen molar-refractivity contribution in [1.82, 2.24) is 0 Å². The van der Waals surface area contributed by atoms with Crippen LogP contribution in [-0.2, 0) is 0 Å². The van der Waals surface area contributed by atoms with Crippen molar-refractivity contribution in [3.63, 3.8) is 0 Å². The summed E-state index contributed by atoms with van der Waals surface area (Å²) in [5, 5.41) is 14.9. The van der Waals surface area contributed by atoms with Crippen molar-refractivity contribution in [2.24, 2.45) is 0 Å². The Morgan fingerprint density at radius 1 is 0.255 bits per heavy atom. The van der Waals surface area contributed by atoms with Crippen LogP contribution in [0, 0.1) is 0 Å². The van der Waals surface area contributed by atoms with Crippen LogP contribution in [-0.4, -0.2) is 0 Å². The second-order valence-electron chi connectivity index (χ2n) is 14.7. The number of ether oxygens (including phenoxy) is 1. The minimum Gasteiger partial charge on any atom is -0.456 e. The minimum absolute atomic E-state index is 0.893. The molecule has 0 amide bonds. The average molecular weight is 697 g/mol. The maximum absolute atomic E-state index is 6.54. The lowest BCUT2D eigenvalue weighted by Crippen LogP contribution is -1.98. The fraction of sp³-hybridized carbons (Fsp3) is 0. The molecule has 0 aliphatic carbocycles. The van der Waals surface area contributed by atoms with Gasteiger partial charge in [0.25, 0.3) is 0 Å². The highest BCUT2D eigenvalue weighted by molar-refractivity contribution is 6.30. The second kappa shape index (κ2) is 11.6. The highest BCUT2D eigenvalue weighted by atomic mass is 16.5. The van der Waals surface area contributed by atoms with Gasteiger partial charge in [0.15, 0.2) is 0 Å². The fourth-order valence-electron chi connectivity index (χ4n) is 9.56. The Balaban J connectivity index is 1.19. The monoisotopic (exact) mass is 696 g/mol. The Kier molecular flexibility index (Phi) is 6.40. The van der Waals surface area contributed by atoms with Gasteiger partial charge in [-0.3, -0.25) is 0 Å². The zero-order valence-corrected chi connectivity index (χ0v) is 29.9. The van der Waals surface area contributed by atoms with Crippen molar-refractivity contribution < 1.29 is 4.74 Å². The van der Waals surface area contributed by atoms with Gasteiger partial charge in [0.05, 0.1) is 0 Å². The highest BCUT2D eigenvalue weighted by Crippen LogP contribution is 2.52. The van der Waals surface area contributed by atoms with Gasteiger partial charge in [-0.05, 0) is 116 Å². The Bertz CT molecular complexity index is 3280. The SMILES string of the molecule is c1ccc2c(-c3c4ccccc4c(-c4c5ccccc5c(-c5ccc6c(c5)-c5cccc7cccc(c57)O6)c5ccccc45)c4ccccc34)cccc2c1. The van der Waals surface area contributed by atoms with Crippen LogP contribution in [0.5, 0.6) is 11.5 Å². The number of fused-ring (bicyclic) bond motifs is 7. The molecule has 1 heteroatoms. The van der Waals surface area contributed by atoms with E-state index in [1.807, 2.05) is 0 Å². The summed E-state index contributed by atoms with van der Waals surface area (Å²) >= 11 is 0. The molecule has 0 radical (unpaired) electrons. The van der Waals surface area contributed by atoms with E-state index in [2.05, 4.69) is 194 Å². The first-order valence-corrected chi connectivity index (χ1v) is 19.0. The molecule has 0 spiro atoms. The van der Waals surface area contributed by atoms with E-state index in [0.717, 1.165) is 17.1 Å². The van der Waals surface area contributed by atoms with Crippen molar-refractivity contribution >= 4 is 64.6 Å². The van der Waals surface area contributed by atoms with Gasteiger partial charge >= 0.3 is 0 Å². The maximum Gasteiger partial charge on any atom is 0.135 e. The third-order valence-electron chi connectivity index (χ3n) is 11.8. The molecule has 1 nitrogen and oxygen atoms in total. The Morgan fingerprint density at radius 3 is 1.27 bits per heavy atom. The van der Waals surface area contributed by atoms with Crippen LogP contribution in [0.25, 0.3) is 109 Å². The molecule has 254 valence electrons. The molecule has 0 atom stereocenters. The first-order chi connectivity index (χ1) is 27.3. The average Bonchev–Trinajstić information content (AvgIpc) is 3.25. The van der Waals surface area contributed by atoms with E-state index in [1.54, 1.807) is 0 Å². The summed E-state index contributed by atoms with van der Waals surface area (Å²) in [5.74, 6) is 1.81. The zero-order valence-electron chi connectivity index (χ0n) is 29.9. The second-order valence-corrected chi connectivity index (χ2v) is 14.7. The van der Waals surface area contributed by atoms with Gasteiger partial charge in [-0.2, -0.15) is 0 Å². The lowest BCUT2D eigenvalue weighted by Gasteiger charge is -2.24. The first-order valence-electron chi connectivity index (χ1n) is 19.0. The lowest BCUT2D eigenvalue weighted by atomic mass is 9.80. The van der Waals surface area contributed by atoms with Crippen LogP contribution < -0.4 is 4.74 Å². The molecule has 12 rings (SSSR count). The maximum atomic E-state index is 6.54. The molecule has 11 aromatic rings.